The number of carbonyl (C=O) groups excluding carboxylic acids is 1. The summed E-state index contributed by atoms with van der Waals surface area (Å²) < 4.78 is 42.6. The van der Waals surface area contributed by atoms with E-state index in [1.165, 1.54) is 0 Å². The number of rotatable bonds is 6. The number of ether oxygens (including phenoxy) is 1. The molecule has 0 aliphatic heterocycles. The Bertz CT molecular complexity index is 392. The highest BCUT2D eigenvalue weighted by atomic mass is 19.4. The van der Waals surface area contributed by atoms with Gasteiger partial charge in [0.1, 0.15) is 6.10 Å². The molecule has 0 amide bonds. The molecular weight excluding hydrogens is 293 g/mol. The van der Waals surface area contributed by atoms with E-state index in [1.54, 1.807) is 0 Å². The molecule has 22 heavy (non-hydrogen) atoms. The lowest BCUT2D eigenvalue weighted by Crippen LogP contribution is -2.30. The third kappa shape index (κ3) is 4.63. The van der Waals surface area contributed by atoms with Gasteiger partial charge in [-0.2, -0.15) is 13.2 Å². The van der Waals surface area contributed by atoms with Crippen LogP contribution in [0, 0.1) is 29.6 Å². The molecular formula is C17H27F3O2. The van der Waals surface area contributed by atoms with Crippen LogP contribution in [0.25, 0.3) is 0 Å². The Balaban J connectivity index is 1.77. The van der Waals surface area contributed by atoms with E-state index in [1.807, 2.05) is 6.92 Å². The molecule has 5 unspecified atom stereocenters. The Morgan fingerprint density at radius 3 is 2.32 bits per heavy atom. The van der Waals surface area contributed by atoms with Crippen molar-refractivity contribution >= 4 is 5.97 Å². The quantitative estimate of drug-likeness (QED) is 0.646. The van der Waals surface area contributed by atoms with Crippen molar-refractivity contribution in [1.82, 2.24) is 0 Å². The lowest BCUT2D eigenvalue weighted by Gasteiger charge is -2.29. The van der Waals surface area contributed by atoms with Crippen molar-refractivity contribution in [2.24, 2.45) is 29.6 Å². The van der Waals surface area contributed by atoms with Gasteiger partial charge in [0.25, 0.3) is 0 Å². The smallest absolute Gasteiger partial charge is 0.389 e. The maximum atomic E-state index is 12.3. The molecule has 2 nitrogen and oxygen atoms in total. The van der Waals surface area contributed by atoms with Crippen LogP contribution in [-0.2, 0) is 9.53 Å². The molecule has 0 aromatic rings. The van der Waals surface area contributed by atoms with Crippen molar-refractivity contribution in [2.45, 2.75) is 71.6 Å². The first-order valence-corrected chi connectivity index (χ1v) is 8.43. The minimum absolute atomic E-state index is 0.0609. The molecule has 2 aliphatic rings. The van der Waals surface area contributed by atoms with E-state index in [0.717, 1.165) is 25.7 Å². The van der Waals surface area contributed by atoms with Crippen LogP contribution in [0.3, 0.4) is 0 Å². The van der Waals surface area contributed by atoms with Gasteiger partial charge in [0.15, 0.2) is 0 Å². The second-order valence-electron chi connectivity index (χ2n) is 7.65. The Morgan fingerprint density at radius 1 is 1.14 bits per heavy atom. The van der Waals surface area contributed by atoms with Gasteiger partial charge < -0.3 is 4.74 Å². The summed E-state index contributed by atoms with van der Waals surface area (Å²) in [4.78, 5) is 12.1. The standard InChI is InChI=1S/C17H27F3O2/c1-10(2)6-11(3)16(21)22-15-9-13-8-14(15)7-12(13)4-5-17(18,19)20/h10-15H,4-9H2,1-3H3. The number of carbonyl (C=O) groups is 1. The number of alkyl halides is 3. The van der Waals surface area contributed by atoms with Crippen molar-refractivity contribution < 1.29 is 22.7 Å². The third-order valence-corrected chi connectivity index (χ3v) is 5.23. The fraction of sp³-hybridized carbons (Fsp3) is 0.941. The molecule has 5 heteroatoms. The Morgan fingerprint density at radius 2 is 1.82 bits per heavy atom. The van der Waals surface area contributed by atoms with Crippen LogP contribution in [0.5, 0.6) is 0 Å². The molecule has 2 aliphatic carbocycles. The van der Waals surface area contributed by atoms with Crippen molar-refractivity contribution in [1.29, 1.82) is 0 Å². The van der Waals surface area contributed by atoms with E-state index in [2.05, 4.69) is 13.8 Å². The largest absolute Gasteiger partial charge is 0.462 e. The second kappa shape index (κ2) is 6.79. The Labute approximate surface area is 130 Å². The summed E-state index contributed by atoms with van der Waals surface area (Å²) in [7, 11) is 0. The summed E-state index contributed by atoms with van der Waals surface area (Å²) in [6.07, 6.45) is -1.28. The van der Waals surface area contributed by atoms with Gasteiger partial charge in [-0.05, 0) is 55.8 Å². The lowest BCUT2D eigenvalue weighted by molar-refractivity contribution is -0.157. The van der Waals surface area contributed by atoms with E-state index < -0.39 is 12.6 Å². The van der Waals surface area contributed by atoms with Gasteiger partial charge in [-0.3, -0.25) is 4.79 Å². The molecule has 0 N–H and O–H groups in total. The predicted molar refractivity (Wildman–Crippen MR) is 78.1 cm³/mol. The first kappa shape index (κ1) is 17.6. The van der Waals surface area contributed by atoms with Gasteiger partial charge in [0.05, 0.1) is 5.92 Å². The first-order chi connectivity index (χ1) is 10.2. The summed E-state index contributed by atoms with van der Waals surface area (Å²) in [5.74, 6) is 0.964. The van der Waals surface area contributed by atoms with Crippen LogP contribution in [-0.4, -0.2) is 18.2 Å². The number of hydrogen-bond donors (Lipinski definition) is 0. The van der Waals surface area contributed by atoms with Crippen molar-refractivity contribution in [2.75, 3.05) is 0 Å². The molecule has 128 valence electrons. The van der Waals surface area contributed by atoms with E-state index in [4.69, 9.17) is 4.74 Å². The van der Waals surface area contributed by atoms with Gasteiger partial charge >= 0.3 is 12.1 Å². The highest BCUT2D eigenvalue weighted by Crippen LogP contribution is 2.52. The normalized spacial score (nSPS) is 32.5. The van der Waals surface area contributed by atoms with Gasteiger partial charge in [-0.1, -0.05) is 20.8 Å². The van der Waals surface area contributed by atoms with E-state index in [0.29, 0.717) is 11.8 Å². The molecule has 5 atom stereocenters. The zero-order valence-electron chi connectivity index (χ0n) is 13.7. The van der Waals surface area contributed by atoms with Gasteiger partial charge in [0, 0.05) is 6.42 Å². The molecule has 2 saturated carbocycles. The molecule has 2 fully saturated rings. The average Bonchev–Trinajstić information content (AvgIpc) is 2.93. The first-order valence-electron chi connectivity index (χ1n) is 8.43. The Kier molecular flexibility index (Phi) is 5.44. The van der Waals surface area contributed by atoms with Crippen molar-refractivity contribution in [3.63, 3.8) is 0 Å². The molecule has 0 radical (unpaired) electrons. The van der Waals surface area contributed by atoms with Crippen LogP contribution >= 0.6 is 0 Å². The fourth-order valence-corrected chi connectivity index (χ4v) is 4.26. The monoisotopic (exact) mass is 320 g/mol. The van der Waals surface area contributed by atoms with E-state index in [9.17, 15) is 18.0 Å². The Hall–Kier alpha value is -0.740. The van der Waals surface area contributed by atoms with Crippen molar-refractivity contribution in [3.8, 4) is 0 Å². The molecule has 0 heterocycles. The number of esters is 1. The second-order valence-corrected chi connectivity index (χ2v) is 7.65. The van der Waals surface area contributed by atoms with E-state index in [-0.39, 0.29) is 36.2 Å². The summed E-state index contributed by atoms with van der Waals surface area (Å²) in [6.45, 7) is 6.04. The van der Waals surface area contributed by atoms with Crippen LogP contribution in [0.15, 0.2) is 0 Å². The fourth-order valence-electron chi connectivity index (χ4n) is 4.26. The van der Waals surface area contributed by atoms with Gasteiger partial charge in [-0.25, -0.2) is 0 Å². The summed E-state index contributed by atoms with van der Waals surface area (Å²) in [5, 5.41) is 0. The predicted octanol–water partition coefficient (Wildman–Crippen LogP) is 4.97. The summed E-state index contributed by atoms with van der Waals surface area (Å²) >= 11 is 0. The minimum atomic E-state index is -4.06. The zero-order chi connectivity index (χ0) is 16.5. The molecule has 0 spiro atoms. The highest BCUT2D eigenvalue weighted by molar-refractivity contribution is 5.72. The van der Waals surface area contributed by atoms with Gasteiger partial charge in [0.2, 0.25) is 0 Å². The number of halogens is 3. The molecule has 2 rings (SSSR count). The molecule has 0 aromatic heterocycles. The van der Waals surface area contributed by atoms with Crippen LogP contribution in [0.2, 0.25) is 0 Å². The maximum Gasteiger partial charge on any atom is 0.389 e. The van der Waals surface area contributed by atoms with Crippen molar-refractivity contribution in [3.05, 3.63) is 0 Å². The number of hydrogen-bond acceptors (Lipinski definition) is 2. The molecule has 0 saturated heterocycles. The zero-order valence-corrected chi connectivity index (χ0v) is 13.7. The highest BCUT2D eigenvalue weighted by Gasteiger charge is 2.48. The topological polar surface area (TPSA) is 26.3 Å². The number of fused-ring (bicyclic) bond motifs is 2. The maximum absolute atomic E-state index is 12.3. The minimum Gasteiger partial charge on any atom is -0.462 e. The summed E-state index contributed by atoms with van der Waals surface area (Å²) in [6, 6.07) is 0. The SMILES string of the molecule is CC(C)CC(C)C(=O)OC1CC2CC1CC2CCC(F)(F)F. The van der Waals surface area contributed by atoms with E-state index >= 15 is 0 Å². The van der Waals surface area contributed by atoms with Gasteiger partial charge in [-0.15, -0.1) is 0 Å². The third-order valence-electron chi connectivity index (χ3n) is 5.23. The lowest BCUT2D eigenvalue weighted by atomic mass is 9.84. The summed E-state index contributed by atoms with van der Waals surface area (Å²) in [5.41, 5.74) is 0. The average molecular weight is 320 g/mol. The van der Waals surface area contributed by atoms with Crippen LogP contribution in [0.4, 0.5) is 13.2 Å². The molecule has 2 bridgehead atoms. The van der Waals surface area contributed by atoms with Crippen LogP contribution in [0.1, 0.15) is 59.3 Å². The molecule has 0 aromatic carbocycles. The van der Waals surface area contributed by atoms with Crippen LogP contribution < -0.4 is 0 Å².